The number of likely N-dealkylation sites (tertiary alicyclic amines) is 1. The fraction of sp³-hybridized carbons (Fsp3) is 0.750. The van der Waals surface area contributed by atoms with E-state index >= 15 is 0 Å². The van der Waals surface area contributed by atoms with Crippen LogP contribution in [0.15, 0.2) is 18.5 Å². The number of rotatable bonds is 4. The van der Waals surface area contributed by atoms with Gasteiger partial charge in [0.15, 0.2) is 0 Å². The molecule has 0 aromatic carbocycles. The fourth-order valence-electron chi connectivity index (χ4n) is 2.44. The molecule has 0 radical (unpaired) electrons. The van der Waals surface area contributed by atoms with Gasteiger partial charge in [-0.1, -0.05) is 13.3 Å². The molecule has 0 bridgehead atoms. The molecule has 16 heavy (non-hydrogen) atoms. The summed E-state index contributed by atoms with van der Waals surface area (Å²) in [5.41, 5.74) is 6.10. The SMILES string of the molecule is CCC1CN(CCn2cccn2)CCC1N. The Labute approximate surface area is 97.4 Å². The van der Waals surface area contributed by atoms with Crippen molar-refractivity contribution in [2.45, 2.75) is 32.4 Å². The molecular weight excluding hydrogens is 200 g/mol. The van der Waals surface area contributed by atoms with Gasteiger partial charge in [-0.05, 0) is 24.9 Å². The molecule has 4 heteroatoms. The average Bonchev–Trinajstić information content (AvgIpc) is 2.81. The molecule has 1 aliphatic heterocycles. The van der Waals surface area contributed by atoms with Gasteiger partial charge < -0.3 is 10.6 Å². The Hall–Kier alpha value is -0.870. The second-order valence-corrected chi connectivity index (χ2v) is 4.69. The molecule has 2 atom stereocenters. The molecule has 0 spiro atoms. The summed E-state index contributed by atoms with van der Waals surface area (Å²) in [7, 11) is 0. The van der Waals surface area contributed by atoms with Gasteiger partial charge in [0.05, 0.1) is 6.54 Å². The van der Waals surface area contributed by atoms with Gasteiger partial charge >= 0.3 is 0 Å². The van der Waals surface area contributed by atoms with E-state index in [1.807, 2.05) is 23.1 Å². The lowest BCUT2D eigenvalue weighted by molar-refractivity contribution is 0.146. The van der Waals surface area contributed by atoms with Crippen LogP contribution in [0.2, 0.25) is 0 Å². The lowest BCUT2D eigenvalue weighted by Gasteiger charge is -2.36. The molecular formula is C12H22N4. The summed E-state index contributed by atoms with van der Waals surface area (Å²) >= 11 is 0. The molecule has 2 unspecified atom stereocenters. The Bertz CT molecular complexity index is 296. The molecule has 1 aliphatic rings. The number of hydrogen-bond donors (Lipinski definition) is 1. The Morgan fingerprint density at radius 3 is 3.00 bits per heavy atom. The lowest BCUT2D eigenvalue weighted by Crippen LogP contribution is -2.47. The van der Waals surface area contributed by atoms with Crippen molar-refractivity contribution in [1.29, 1.82) is 0 Å². The Kier molecular flexibility index (Phi) is 3.96. The van der Waals surface area contributed by atoms with E-state index in [1.165, 1.54) is 6.42 Å². The molecule has 1 aromatic heterocycles. The third-order valence-electron chi connectivity index (χ3n) is 3.61. The highest BCUT2D eigenvalue weighted by molar-refractivity contribution is 4.83. The minimum absolute atomic E-state index is 0.408. The summed E-state index contributed by atoms with van der Waals surface area (Å²) in [4.78, 5) is 2.51. The Morgan fingerprint density at radius 1 is 1.44 bits per heavy atom. The van der Waals surface area contributed by atoms with Gasteiger partial charge in [-0.15, -0.1) is 0 Å². The van der Waals surface area contributed by atoms with Crippen LogP contribution in [-0.2, 0) is 6.54 Å². The van der Waals surface area contributed by atoms with E-state index in [2.05, 4.69) is 16.9 Å². The monoisotopic (exact) mass is 222 g/mol. The van der Waals surface area contributed by atoms with Crippen molar-refractivity contribution in [3.8, 4) is 0 Å². The first-order valence-electron chi connectivity index (χ1n) is 6.25. The molecule has 0 amide bonds. The van der Waals surface area contributed by atoms with Crippen LogP contribution in [0.25, 0.3) is 0 Å². The van der Waals surface area contributed by atoms with Crippen molar-refractivity contribution in [3.63, 3.8) is 0 Å². The number of nitrogens with zero attached hydrogens (tertiary/aromatic N) is 3. The predicted octanol–water partition coefficient (Wildman–Crippen LogP) is 0.942. The smallest absolute Gasteiger partial charge is 0.0536 e. The molecule has 4 nitrogen and oxygen atoms in total. The molecule has 1 aromatic rings. The maximum Gasteiger partial charge on any atom is 0.0536 e. The third kappa shape index (κ3) is 2.83. The van der Waals surface area contributed by atoms with Crippen LogP contribution in [0.5, 0.6) is 0 Å². The van der Waals surface area contributed by atoms with Crippen molar-refractivity contribution < 1.29 is 0 Å². The van der Waals surface area contributed by atoms with Gasteiger partial charge in [0.1, 0.15) is 0 Å². The first-order valence-corrected chi connectivity index (χ1v) is 6.25. The van der Waals surface area contributed by atoms with Crippen LogP contribution in [0.4, 0.5) is 0 Å². The van der Waals surface area contributed by atoms with Gasteiger partial charge in [0.2, 0.25) is 0 Å². The highest BCUT2D eigenvalue weighted by atomic mass is 15.3. The van der Waals surface area contributed by atoms with Crippen molar-refractivity contribution in [3.05, 3.63) is 18.5 Å². The predicted molar refractivity (Wildman–Crippen MR) is 65.0 cm³/mol. The number of hydrogen-bond acceptors (Lipinski definition) is 3. The van der Waals surface area contributed by atoms with Crippen molar-refractivity contribution in [2.24, 2.45) is 11.7 Å². The first-order chi connectivity index (χ1) is 7.79. The zero-order valence-corrected chi connectivity index (χ0v) is 10.0. The van der Waals surface area contributed by atoms with Gasteiger partial charge in [-0.3, -0.25) is 4.68 Å². The minimum Gasteiger partial charge on any atom is -0.327 e. The van der Waals surface area contributed by atoms with Crippen LogP contribution in [0, 0.1) is 5.92 Å². The molecule has 90 valence electrons. The van der Waals surface area contributed by atoms with Crippen molar-refractivity contribution in [2.75, 3.05) is 19.6 Å². The van der Waals surface area contributed by atoms with Crippen molar-refractivity contribution in [1.82, 2.24) is 14.7 Å². The van der Waals surface area contributed by atoms with Gasteiger partial charge in [0, 0.05) is 31.5 Å². The van der Waals surface area contributed by atoms with Crippen LogP contribution >= 0.6 is 0 Å². The summed E-state index contributed by atoms with van der Waals surface area (Å²) in [5.74, 6) is 0.673. The summed E-state index contributed by atoms with van der Waals surface area (Å²) in [6.07, 6.45) is 6.19. The first kappa shape index (κ1) is 11.6. The highest BCUT2D eigenvalue weighted by Crippen LogP contribution is 2.18. The normalized spacial score (nSPS) is 27.1. The molecule has 2 N–H and O–H groups in total. The lowest BCUT2D eigenvalue weighted by atomic mass is 9.91. The van der Waals surface area contributed by atoms with E-state index < -0.39 is 0 Å². The standard InChI is InChI=1S/C12H22N4/c1-2-11-10-15(7-4-12(11)13)8-9-16-6-3-5-14-16/h3,5-6,11-12H,2,4,7-10,13H2,1H3. The fourth-order valence-corrected chi connectivity index (χ4v) is 2.44. The molecule has 0 saturated carbocycles. The van der Waals surface area contributed by atoms with Crippen LogP contribution in [0.3, 0.4) is 0 Å². The second kappa shape index (κ2) is 5.46. The van der Waals surface area contributed by atoms with E-state index in [-0.39, 0.29) is 0 Å². The van der Waals surface area contributed by atoms with Gasteiger partial charge in [-0.2, -0.15) is 5.10 Å². The summed E-state index contributed by atoms with van der Waals surface area (Å²) in [6, 6.07) is 2.38. The van der Waals surface area contributed by atoms with E-state index in [0.29, 0.717) is 12.0 Å². The Morgan fingerprint density at radius 2 is 2.31 bits per heavy atom. The quantitative estimate of drug-likeness (QED) is 0.825. The van der Waals surface area contributed by atoms with Gasteiger partial charge in [-0.25, -0.2) is 0 Å². The number of nitrogens with two attached hydrogens (primary N) is 1. The molecule has 1 fully saturated rings. The molecule has 0 aliphatic carbocycles. The molecule has 2 rings (SSSR count). The average molecular weight is 222 g/mol. The zero-order valence-electron chi connectivity index (χ0n) is 10.0. The molecule has 2 heterocycles. The van der Waals surface area contributed by atoms with E-state index in [1.54, 1.807) is 0 Å². The minimum atomic E-state index is 0.408. The summed E-state index contributed by atoms with van der Waals surface area (Å²) < 4.78 is 2.00. The topological polar surface area (TPSA) is 47.1 Å². The number of piperidine rings is 1. The van der Waals surface area contributed by atoms with Crippen molar-refractivity contribution >= 4 is 0 Å². The van der Waals surface area contributed by atoms with E-state index in [9.17, 15) is 0 Å². The van der Waals surface area contributed by atoms with E-state index in [0.717, 1.165) is 32.6 Å². The maximum absolute atomic E-state index is 6.10. The highest BCUT2D eigenvalue weighted by Gasteiger charge is 2.24. The second-order valence-electron chi connectivity index (χ2n) is 4.69. The summed E-state index contributed by atoms with van der Waals surface area (Å²) in [6.45, 7) is 6.60. The van der Waals surface area contributed by atoms with Crippen LogP contribution < -0.4 is 5.73 Å². The van der Waals surface area contributed by atoms with Crippen LogP contribution in [0.1, 0.15) is 19.8 Å². The summed E-state index contributed by atoms with van der Waals surface area (Å²) in [5, 5.41) is 4.22. The molecule has 1 saturated heterocycles. The third-order valence-corrected chi connectivity index (χ3v) is 3.61. The van der Waals surface area contributed by atoms with E-state index in [4.69, 9.17) is 5.73 Å². The Balaban J connectivity index is 1.78. The zero-order chi connectivity index (χ0) is 11.4. The maximum atomic E-state index is 6.10. The van der Waals surface area contributed by atoms with Gasteiger partial charge in [0.25, 0.3) is 0 Å². The largest absolute Gasteiger partial charge is 0.327 e. The number of aromatic nitrogens is 2. The van der Waals surface area contributed by atoms with Crippen LogP contribution in [-0.4, -0.2) is 40.4 Å².